The molecule has 3 rings (SSSR count). The second-order valence-electron chi connectivity index (χ2n) is 7.26. The van der Waals surface area contributed by atoms with Crippen LogP contribution in [0.1, 0.15) is 24.5 Å². The summed E-state index contributed by atoms with van der Waals surface area (Å²) in [4.78, 5) is 5.05. The van der Waals surface area contributed by atoms with Crippen LogP contribution in [0.15, 0.2) is 66.2 Å². The molecule has 2 aromatic carbocycles. The summed E-state index contributed by atoms with van der Waals surface area (Å²) in [6.45, 7) is 7.58. The molecule has 0 radical (unpaired) electrons. The standard InChI is InChI=1S/C23H30N2O/c1-20(16-21-8-4-2-5-9-21)17-24-13-14-25(23(19-24)12-15-26)18-22-10-6-3-7-11-22/h2-11,16,23,26H,12-15,17-19H2,1H3/b20-16+. The molecule has 26 heavy (non-hydrogen) atoms. The Kier molecular flexibility index (Phi) is 7.01. The number of piperazine rings is 1. The van der Waals surface area contributed by atoms with E-state index in [0.717, 1.165) is 39.1 Å². The summed E-state index contributed by atoms with van der Waals surface area (Å²) in [5, 5.41) is 9.51. The molecule has 0 aliphatic carbocycles. The molecule has 1 fully saturated rings. The van der Waals surface area contributed by atoms with Gasteiger partial charge in [-0.05, 0) is 24.5 Å². The predicted molar refractivity (Wildman–Crippen MR) is 109 cm³/mol. The SMILES string of the molecule is C/C(=C\c1ccccc1)CN1CCN(Cc2ccccc2)C(CCO)C1. The molecule has 2 aromatic rings. The van der Waals surface area contributed by atoms with Crippen molar-refractivity contribution in [2.75, 3.05) is 32.8 Å². The number of rotatable bonds is 7. The lowest BCUT2D eigenvalue weighted by atomic mass is 10.1. The molecule has 0 aromatic heterocycles. The minimum atomic E-state index is 0.253. The Morgan fingerprint density at radius 1 is 1.04 bits per heavy atom. The quantitative estimate of drug-likeness (QED) is 0.825. The van der Waals surface area contributed by atoms with Gasteiger partial charge in [0.25, 0.3) is 0 Å². The lowest BCUT2D eigenvalue weighted by Gasteiger charge is -2.41. The van der Waals surface area contributed by atoms with Crippen LogP contribution < -0.4 is 0 Å². The van der Waals surface area contributed by atoms with Gasteiger partial charge in [-0.2, -0.15) is 0 Å². The third kappa shape index (κ3) is 5.53. The molecule has 3 nitrogen and oxygen atoms in total. The van der Waals surface area contributed by atoms with E-state index in [-0.39, 0.29) is 6.61 Å². The first-order valence-corrected chi connectivity index (χ1v) is 9.58. The van der Waals surface area contributed by atoms with Crippen LogP contribution in [0.5, 0.6) is 0 Å². The summed E-state index contributed by atoms with van der Waals surface area (Å²) in [6, 6.07) is 21.6. The van der Waals surface area contributed by atoms with E-state index < -0.39 is 0 Å². The lowest BCUT2D eigenvalue weighted by Crippen LogP contribution is -2.53. The minimum absolute atomic E-state index is 0.253. The van der Waals surface area contributed by atoms with Crippen molar-refractivity contribution in [1.29, 1.82) is 0 Å². The molecule has 0 bridgehead atoms. The maximum absolute atomic E-state index is 9.51. The Bertz CT molecular complexity index is 684. The molecule has 0 amide bonds. The highest BCUT2D eigenvalue weighted by Gasteiger charge is 2.26. The van der Waals surface area contributed by atoms with Crippen molar-refractivity contribution >= 4 is 6.08 Å². The van der Waals surface area contributed by atoms with E-state index in [1.54, 1.807) is 0 Å². The van der Waals surface area contributed by atoms with Gasteiger partial charge < -0.3 is 5.11 Å². The van der Waals surface area contributed by atoms with Gasteiger partial charge in [-0.3, -0.25) is 9.80 Å². The normalized spacial score (nSPS) is 19.6. The highest BCUT2D eigenvalue weighted by Crippen LogP contribution is 2.18. The predicted octanol–water partition coefficient (Wildman–Crippen LogP) is 3.66. The van der Waals surface area contributed by atoms with Crippen molar-refractivity contribution in [3.05, 3.63) is 77.4 Å². The molecule has 1 saturated heterocycles. The van der Waals surface area contributed by atoms with Crippen LogP contribution in [0.2, 0.25) is 0 Å². The second-order valence-corrected chi connectivity index (χ2v) is 7.26. The monoisotopic (exact) mass is 350 g/mol. The number of hydrogen-bond acceptors (Lipinski definition) is 3. The summed E-state index contributed by atoms with van der Waals surface area (Å²) in [7, 11) is 0. The van der Waals surface area contributed by atoms with E-state index in [1.165, 1.54) is 16.7 Å². The summed E-state index contributed by atoms with van der Waals surface area (Å²) in [5.41, 5.74) is 4.00. The fourth-order valence-electron chi connectivity index (χ4n) is 3.78. The molecule has 0 spiro atoms. The van der Waals surface area contributed by atoms with Crippen LogP contribution in [0.3, 0.4) is 0 Å². The fraction of sp³-hybridized carbons (Fsp3) is 0.391. The minimum Gasteiger partial charge on any atom is -0.396 e. The van der Waals surface area contributed by atoms with Gasteiger partial charge in [0.1, 0.15) is 0 Å². The van der Waals surface area contributed by atoms with E-state index in [4.69, 9.17) is 0 Å². The van der Waals surface area contributed by atoms with E-state index in [9.17, 15) is 5.11 Å². The van der Waals surface area contributed by atoms with Crippen molar-refractivity contribution in [1.82, 2.24) is 9.80 Å². The molecule has 1 aliphatic rings. The first-order valence-electron chi connectivity index (χ1n) is 9.58. The topological polar surface area (TPSA) is 26.7 Å². The van der Waals surface area contributed by atoms with Crippen molar-refractivity contribution in [3.63, 3.8) is 0 Å². The van der Waals surface area contributed by atoms with Crippen LogP contribution in [-0.2, 0) is 6.54 Å². The molecule has 1 unspecified atom stereocenters. The first-order chi connectivity index (χ1) is 12.7. The van der Waals surface area contributed by atoms with Crippen molar-refractivity contribution in [3.8, 4) is 0 Å². The van der Waals surface area contributed by atoms with E-state index in [0.29, 0.717) is 6.04 Å². The lowest BCUT2D eigenvalue weighted by molar-refractivity contribution is 0.0585. The van der Waals surface area contributed by atoms with Crippen molar-refractivity contribution in [2.45, 2.75) is 25.9 Å². The molecular weight excluding hydrogens is 320 g/mol. The molecule has 1 atom stereocenters. The molecular formula is C23H30N2O. The largest absolute Gasteiger partial charge is 0.396 e. The molecule has 1 heterocycles. The smallest absolute Gasteiger partial charge is 0.0446 e. The third-order valence-electron chi connectivity index (χ3n) is 5.07. The van der Waals surface area contributed by atoms with Crippen LogP contribution in [-0.4, -0.2) is 53.7 Å². The molecule has 1 N–H and O–H groups in total. The zero-order valence-electron chi connectivity index (χ0n) is 15.7. The van der Waals surface area contributed by atoms with Crippen molar-refractivity contribution < 1.29 is 5.11 Å². The maximum atomic E-state index is 9.51. The highest BCUT2D eigenvalue weighted by molar-refractivity contribution is 5.52. The van der Waals surface area contributed by atoms with Gasteiger partial charge in [-0.1, -0.05) is 72.3 Å². The van der Waals surface area contributed by atoms with Crippen LogP contribution in [0.4, 0.5) is 0 Å². The average Bonchev–Trinajstić information content (AvgIpc) is 2.66. The zero-order valence-corrected chi connectivity index (χ0v) is 15.7. The van der Waals surface area contributed by atoms with Gasteiger partial charge >= 0.3 is 0 Å². The van der Waals surface area contributed by atoms with Gasteiger partial charge in [0.15, 0.2) is 0 Å². The van der Waals surface area contributed by atoms with E-state index in [2.05, 4.69) is 83.5 Å². The number of hydrogen-bond donors (Lipinski definition) is 1. The number of nitrogens with zero attached hydrogens (tertiary/aromatic N) is 2. The Morgan fingerprint density at radius 2 is 1.73 bits per heavy atom. The Labute approximate surface area is 157 Å². The van der Waals surface area contributed by atoms with Gasteiger partial charge in [0.2, 0.25) is 0 Å². The summed E-state index contributed by atoms with van der Waals surface area (Å²) in [5.74, 6) is 0. The number of aliphatic hydroxyl groups is 1. The third-order valence-corrected chi connectivity index (χ3v) is 5.07. The fourth-order valence-corrected chi connectivity index (χ4v) is 3.78. The van der Waals surface area contributed by atoms with Gasteiger partial charge in [-0.25, -0.2) is 0 Å². The van der Waals surface area contributed by atoms with Crippen LogP contribution >= 0.6 is 0 Å². The van der Waals surface area contributed by atoms with Crippen molar-refractivity contribution in [2.24, 2.45) is 0 Å². The average molecular weight is 351 g/mol. The van der Waals surface area contributed by atoms with Gasteiger partial charge in [0.05, 0.1) is 0 Å². The van der Waals surface area contributed by atoms with Gasteiger partial charge in [-0.15, -0.1) is 0 Å². The summed E-state index contributed by atoms with van der Waals surface area (Å²) < 4.78 is 0. The summed E-state index contributed by atoms with van der Waals surface area (Å²) >= 11 is 0. The van der Waals surface area contributed by atoms with E-state index >= 15 is 0 Å². The Hall–Kier alpha value is -1.94. The molecule has 3 heteroatoms. The maximum Gasteiger partial charge on any atom is 0.0446 e. The second kappa shape index (κ2) is 9.67. The van der Waals surface area contributed by atoms with Gasteiger partial charge in [0, 0.05) is 45.4 Å². The van der Waals surface area contributed by atoms with Crippen LogP contribution in [0.25, 0.3) is 6.08 Å². The van der Waals surface area contributed by atoms with Crippen LogP contribution in [0, 0.1) is 0 Å². The Balaban J connectivity index is 1.59. The molecule has 138 valence electrons. The molecule has 1 aliphatic heterocycles. The summed E-state index contributed by atoms with van der Waals surface area (Å²) in [6.07, 6.45) is 3.11. The van der Waals surface area contributed by atoms with E-state index in [1.807, 2.05) is 0 Å². The number of benzene rings is 2. The zero-order chi connectivity index (χ0) is 18.2. The highest BCUT2D eigenvalue weighted by atomic mass is 16.3. The Morgan fingerprint density at radius 3 is 2.42 bits per heavy atom. The molecule has 0 saturated carbocycles. The first kappa shape index (κ1) is 18.8. The number of aliphatic hydroxyl groups excluding tert-OH is 1.